The highest BCUT2D eigenvalue weighted by Crippen LogP contribution is 2.25. The highest BCUT2D eigenvalue weighted by Gasteiger charge is 2.34. The molecule has 1 heterocycles. The van der Waals surface area contributed by atoms with Gasteiger partial charge in [-0.2, -0.15) is 0 Å². The van der Waals surface area contributed by atoms with Crippen LogP contribution in [0.5, 0.6) is 0 Å². The van der Waals surface area contributed by atoms with Crippen LogP contribution in [0.25, 0.3) is 0 Å². The van der Waals surface area contributed by atoms with E-state index in [1.807, 2.05) is 0 Å². The maximum atomic E-state index is 12.0. The summed E-state index contributed by atoms with van der Waals surface area (Å²) in [7, 11) is 0. The van der Waals surface area contributed by atoms with Crippen LogP contribution in [-0.4, -0.2) is 25.5 Å². The van der Waals surface area contributed by atoms with Crippen molar-refractivity contribution in [2.45, 2.75) is 40.0 Å². The van der Waals surface area contributed by atoms with Gasteiger partial charge in [0, 0.05) is 13.1 Å². The lowest BCUT2D eigenvalue weighted by Crippen LogP contribution is -2.49. The third-order valence-electron chi connectivity index (χ3n) is 3.45. The lowest BCUT2D eigenvalue weighted by atomic mass is 9.82. The first-order chi connectivity index (χ1) is 7.08. The molecule has 0 aromatic carbocycles. The maximum Gasteiger partial charge on any atom is 0.227 e. The van der Waals surface area contributed by atoms with Crippen molar-refractivity contribution in [3.05, 3.63) is 0 Å². The van der Waals surface area contributed by atoms with E-state index in [1.165, 1.54) is 0 Å². The Labute approximate surface area is 93.0 Å². The first-order valence-electron chi connectivity index (χ1n) is 6.07. The van der Waals surface area contributed by atoms with Gasteiger partial charge in [0.15, 0.2) is 0 Å². The Morgan fingerprint density at radius 1 is 1.60 bits per heavy atom. The molecule has 2 unspecified atom stereocenters. The molecule has 3 nitrogen and oxygen atoms in total. The Bertz CT molecular complexity index is 210. The van der Waals surface area contributed by atoms with Crippen LogP contribution in [-0.2, 0) is 4.79 Å². The van der Waals surface area contributed by atoms with E-state index < -0.39 is 0 Å². The lowest BCUT2D eigenvalue weighted by Gasteiger charge is -2.33. The summed E-state index contributed by atoms with van der Waals surface area (Å²) in [5, 5.41) is 6.36. The van der Waals surface area contributed by atoms with E-state index in [2.05, 4.69) is 31.4 Å². The van der Waals surface area contributed by atoms with Crippen molar-refractivity contribution in [1.29, 1.82) is 0 Å². The summed E-state index contributed by atoms with van der Waals surface area (Å²) in [6.45, 7) is 9.06. The minimum Gasteiger partial charge on any atom is -0.355 e. The van der Waals surface area contributed by atoms with Gasteiger partial charge >= 0.3 is 0 Å². The molecule has 0 bridgehead atoms. The summed E-state index contributed by atoms with van der Waals surface area (Å²) in [6.07, 6.45) is 3.23. The predicted octanol–water partition coefficient (Wildman–Crippen LogP) is 1.54. The zero-order valence-electron chi connectivity index (χ0n) is 10.2. The molecule has 3 heteroatoms. The number of rotatable bonds is 4. The molecule has 0 saturated carbocycles. The maximum absolute atomic E-state index is 12.0. The molecule has 2 atom stereocenters. The molecule has 1 aliphatic rings. The number of carbonyl (C=O) groups is 1. The Kier molecular flexibility index (Phi) is 4.58. The Morgan fingerprint density at radius 3 is 2.87 bits per heavy atom. The molecule has 0 aromatic rings. The minimum atomic E-state index is -0.189. The second kappa shape index (κ2) is 5.50. The van der Waals surface area contributed by atoms with E-state index in [-0.39, 0.29) is 11.3 Å². The summed E-state index contributed by atoms with van der Waals surface area (Å²) in [4.78, 5) is 12.0. The smallest absolute Gasteiger partial charge is 0.227 e. The SMILES string of the molecule is CCC(C)CNC(=O)C1(C)CCCNC1. The fourth-order valence-corrected chi connectivity index (χ4v) is 1.87. The van der Waals surface area contributed by atoms with Crippen LogP contribution in [0.4, 0.5) is 0 Å². The number of amides is 1. The lowest BCUT2D eigenvalue weighted by molar-refractivity contribution is -0.131. The van der Waals surface area contributed by atoms with Gasteiger partial charge in [0.05, 0.1) is 5.41 Å². The van der Waals surface area contributed by atoms with Gasteiger partial charge in [0.2, 0.25) is 5.91 Å². The van der Waals surface area contributed by atoms with Crippen molar-refractivity contribution in [3.8, 4) is 0 Å². The van der Waals surface area contributed by atoms with E-state index in [0.717, 1.165) is 38.9 Å². The Balaban J connectivity index is 2.37. The zero-order chi connectivity index (χ0) is 11.3. The number of carbonyl (C=O) groups excluding carboxylic acids is 1. The topological polar surface area (TPSA) is 41.1 Å². The van der Waals surface area contributed by atoms with E-state index in [4.69, 9.17) is 0 Å². The van der Waals surface area contributed by atoms with Crippen molar-refractivity contribution < 1.29 is 4.79 Å². The minimum absolute atomic E-state index is 0.189. The number of hydrogen-bond donors (Lipinski definition) is 2. The summed E-state index contributed by atoms with van der Waals surface area (Å²) >= 11 is 0. The molecule has 88 valence electrons. The molecular weight excluding hydrogens is 188 g/mol. The first-order valence-corrected chi connectivity index (χ1v) is 6.07. The second-order valence-corrected chi connectivity index (χ2v) is 5.06. The summed E-state index contributed by atoms with van der Waals surface area (Å²) in [5.41, 5.74) is -0.189. The van der Waals surface area contributed by atoms with Gasteiger partial charge in [-0.3, -0.25) is 4.79 Å². The number of nitrogens with one attached hydrogen (secondary N) is 2. The first kappa shape index (κ1) is 12.5. The summed E-state index contributed by atoms with van der Waals surface area (Å²) < 4.78 is 0. The zero-order valence-corrected chi connectivity index (χ0v) is 10.2. The van der Waals surface area contributed by atoms with Crippen molar-refractivity contribution in [1.82, 2.24) is 10.6 Å². The van der Waals surface area contributed by atoms with Crippen molar-refractivity contribution in [2.75, 3.05) is 19.6 Å². The third-order valence-corrected chi connectivity index (χ3v) is 3.45. The van der Waals surface area contributed by atoms with Crippen molar-refractivity contribution in [3.63, 3.8) is 0 Å². The van der Waals surface area contributed by atoms with E-state index >= 15 is 0 Å². The molecule has 0 aliphatic carbocycles. The van der Waals surface area contributed by atoms with Gasteiger partial charge in [-0.15, -0.1) is 0 Å². The van der Waals surface area contributed by atoms with Crippen LogP contribution < -0.4 is 10.6 Å². The molecule has 1 fully saturated rings. The highest BCUT2D eigenvalue weighted by atomic mass is 16.2. The molecule has 0 spiro atoms. The van der Waals surface area contributed by atoms with Crippen molar-refractivity contribution in [2.24, 2.45) is 11.3 Å². The average molecular weight is 212 g/mol. The van der Waals surface area contributed by atoms with Gasteiger partial charge in [-0.1, -0.05) is 20.3 Å². The van der Waals surface area contributed by atoms with E-state index in [0.29, 0.717) is 5.92 Å². The standard InChI is InChI=1S/C12H24N2O/c1-4-10(2)8-14-11(15)12(3)6-5-7-13-9-12/h10,13H,4-9H2,1-3H3,(H,14,15). The van der Waals surface area contributed by atoms with Crippen LogP contribution in [0, 0.1) is 11.3 Å². The Hall–Kier alpha value is -0.570. The van der Waals surface area contributed by atoms with E-state index in [1.54, 1.807) is 0 Å². The second-order valence-electron chi connectivity index (χ2n) is 5.06. The Morgan fingerprint density at radius 2 is 2.33 bits per heavy atom. The number of piperidine rings is 1. The third kappa shape index (κ3) is 3.49. The molecule has 1 aliphatic heterocycles. The fraction of sp³-hybridized carbons (Fsp3) is 0.917. The quantitative estimate of drug-likeness (QED) is 0.742. The van der Waals surface area contributed by atoms with Gasteiger partial charge in [0.25, 0.3) is 0 Å². The van der Waals surface area contributed by atoms with Gasteiger partial charge in [-0.05, 0) is 32.2 Å². The van der Waals surface area contributed by atoms with Crippen LogP contribution in [0.15, 0.2) is 0 Å². The van der Waals surface area contributed by atoms with Gasteiger partial charge in [-0.25, -0.2) is 0 Å². The largest absolute Gasteiger partial charge is 0.355 e. The summed E-state index contributed by atoms with van der Waals surface area (Å²) in [5.74, 6) is 0.795. The number of hydrogen-bond acceptors (Lipinski definition) is 2. The van der Waals surface area contributed by atoms with Crippen LogP contribution >= 0.6 is 0 Å². The van der Waals surface area contributed by atoms with Gasteiger partial charge < -0.3 is 10.6 Å². The van der Waals surface area contributed by atoms with Crippen LogP contribution in [0.2, 0.25) is 0 Å². The van der Waals surface area contributed by atoms with Crippen LogP contribution in [0.1, 0.15) is 40.0 Å². The fourth-order valence-electron chi connectivity index (χ4n) is 1.87. The monoisotopic (exact) mass is 212 g/mol. The molecule has 0 aromatic heterocycles. The van der Waals surface area contributed by atoms with Crippen molar-refractivity contribution >= 4 is 5.91 Å². The highest BCUT2D eigenvalue weighted by molar-refractivity contribution is 5.82. The molecule has 1 saturated heterocycles. The molecule has 1 rings (SSSR count). The molecule has 0 radical (unpaired) electrons. The van der Waals surface area contributed by atoms with Crippen LogP contribution in [0.3, 0.4) is 0 Å². The average Bonchev–Trinajstić information content (AvgIpc) is 2.26. The van der Waals surface area contributed by atoms with Gasteiger partial charge in [0.1, 0.15) is 0 Å². The molecule has 2 N–H and O–H groups in total. The molecule has 15 heavy (non-hydrogen) atoms. The normalized spacial score (nSPS) is 28.5. The molecule has 1 amide bonds. The predicted molar refractivity (Wildman–Crippen MR) is 62.7 cm³/mol. The summed E-state index contributed by atoms with van der Waals surface area (Å²) in [6, 6.07) is 0. The van der Waals surface area contributed by atoms with E-state index in [9.17, 15) is 4.79 Å². The molecular formula is C12H24N2O.